The zero-order chi connectivity index (χ0) is 30.3. The van der Waals surface area contributed by atoms with Gasteiger partial charge in [0.15, 0.2) is 6.10 Å². The number of H-pyrrole nitrogens is 1. The lowest BCUT2D eigenvalue weighted by Gasteiger charge is -2.21. The molecule has 0 fully saturated rings. The summed E-state index contributed by atoms with van der Waals surface area (Å²) < 4.78 is 5.30. The molecule has 3 aromatic rings. The van der Waals surface area contributed by atoms with Gasteiger partial charge in [-0.2, -0.15) is 0 Å². The predicted molar refractivity (Wildman–Crippen MR) is 151 cm³/mol. The Balaban J connectivity index is 1.61. The third kappa shape index (κ3) is 10.8. The molecule has 1 aromatic heterocycles. The van der Waals surface area contributed by atoms with Gasteiger partial charge in [-0.05, 0) is 17.5 Å². The van der Waals surface area contributed by atoms with E-state index in [0.717, 1.165) is 11.1 Å². The standard InChI is InChI=1S/C29H34N6O7/c30-22(13-19-7-3-1-4-8-19)27(39)35-23(14-20-9-5-2-6-10-20)28(40)33-17-26(38)42-24(15-21-16-31-18-34-21)29(41)32-12-11-25(36)37/h1-10,16,18,22-24H,11-15,17,30H2,(H,31,34)(H,32,41)(H,33,40)(H,35,39)(H,36,37). The summed E-state index contributed by atoms with van der Waals surface area (Å²) in [5.41, 5.74) is 8.18. The number of imidazole rings is 1. The third-order valence-corrected chi connectivity index (χ3v) is 6.11. The van der Waals surface area contributed by atoms with E-state index in [9.17, 15) is 24.0 Å². The van der Waals surface area contributed by atoms with Crippen LogP contribution in [0, 0.1) is 0 Å². The van der Waals surface area contributed by atoms with Crippen LogP contribution in [0.25, 0.3) is 0 Å². The Morgan fingerprint density at radius 1 is 0.857 bits per heavy atom. The number of rotatable bonds is 16. The normalized spacial score (nSPS) is 12.8. The number of hydrogen-bond donors (Lipinski definition) is 6. The number of nitrogens with one attached hydrogen (secondary N) is 4. The van der Waals surface area contributed by atoms with Crippen molar-refractivity contribution in [1.29, 1.82) is 0 Å². The summed E-state index contributed by atoms with van der Waals surface area (Å²) in [6, 6.07) is 16.3. The molecule has 42 heavy (non-hydrogen) atoms. The van der Waals surface area contributed by atoms with Crippen LogP contribution >= 0.6 is 0 Å². The fraction of sp³-hybridized carbons (Fsp3) is 0.310. The van der Waals surface area contributed by atoms with Crippen LogP contribution in [0.5, 0.6) is 0 Å². The van der Waals surface area contributed by atoms with Crippen LogP contribution in [0.15, 0.2) is 73.2 Å². The van der Waals surface area contributed by atoms with E-state index < -0.39 is 54.4 Å². The second kappa shape index (κ2) is 16.3. The fourth-order valence-corrected chi connectivity index (χ4v) is 3.97. The van der Waals surface area contributed by atoms with E-state index in [1.54, 1.807) is 24.3 Å². The maximum atomic E-state index is 13.1. The number of aromatic amines is 1. The molecule has 13 nitrogen and oxygen atoms in total. The molecular weight excluding hydrogens is 544 g/mol. The van der Waals surface area contributed by atoms with Gasteiger partial charge in [0.2, 0.25) is 11.8 Å². The molecule has 0 saturated carbocycles. The molecular formula is C29H34N6O7. The first-order chi connectivity index (χ1) is 20.2. The number of esters is 1. The van der Waals surface area contributed by atoms with Crippen LogP contribution in [0.3, 0.4) is 0 Å². The summed E-state index contributed by atoms with van der Waals surface area (Å²) in [6.07, 6.45) is 1.62. The van der Waals surface area contributed by atoms with Gasteiger partial charge in [-0.1, -0.05) is 60.7 Å². The van der Waals surface area contributed by atoms with E-state index in [0.29, 0.717) is 5.69 Å². The number of aliphatic carboxylic acids is 1. The zero-order valence-corrected chi connectivity index (χ0v) is 22.8. The van der Waals surface area contributed by atoms with Crippen molar-refractivity contribution in [2.75, 3.05) is 13.1 Å². The molecule has 7 N–H and O–H groups in total. The minimum absolute atomic E-state index is 0.0753. The van der Waals surface area contributed by atoms with E-state index in [1.165, 1.54) is 12.5 Å². The fourth-order valence-electron chi connectivity index (χ4n) is 3.97. The maximum Gasteiger partial charge on any atom is 0.326 e. The van der Waals surface area contributed by atoms with Crippen LogP contribution in [-0.4, -0.2) is 76.0 Å². The minimum Gasteiger partial charge on any atom is -0.481 e. The first-order valence-corrected chi connectivity index (χ1v) is 13.3. The van der Waals surface area contributed by atoms with E-state index in [1.807, 2.05) is 36.4 Å². The van der Waals surface area contributed by atoms with E-state index >= 15 is 0 Å². The number of carboxylic acids is 1. The molecule has 3 unspecified atom stereocenters. The molecule has 3 amide bonds. The molecule has 0 spiro atoms. The molecule has 2 aromatic carbocycles. The van der Waals surface area contributed by atoms with Gasteiger partial charge in [0.05, 0.1) is 24.5 Å². The molecule has 13 heteroatoms. The Labute approximate surface area is 242 Å². The number of hydrogen-bond acceptors (Lipinski definition) is 8. The Morgan fingerprint density at radius 3 is 2.10 bits per heavy atom. The molecule has 3 rings (SSSR count). The Bertz CT molecular complexity index is 1320. The van der Waals surface area contributed by atoms with Crippen molar-refractivity contribution in [2.45, 2.75) is 43.9 Å². The third-order valence-electron chi connectivity index (χ3n) is 6.11. The highest BCUT2D eigenvalue weighted by Crippen LogP contribution is 2.07. The van der Waals surface area contributed by atoms with Crippen molar-refractivity contribution in [3.63, 3.8) is 0 Å². The number of carbonyl (C=O) groups excluding carboxylic acids is 4. The topological polar surface area (TPSA) is 206 Å². The van der Waals surface area contributed by atoms with Gasteiger partial charge in [-0.25, -0.2) is 4.98 Å². The molecule has 0 aliphatic carbocycles. The van der Waals surface area contributed by atoms with Crippen molar-refractivity contribution in [3.8, 4) is 0 Å². The quantitative estimate of drug-likeness (QED) is 0.125. The van der Waals surface area contributed by atoms with Crippen LogP contribution in [0.4, 0.5) is 0 Å². The largest absolute Gasteiger partial charge is 0.481 e. The molecule has 3 atom stereocenters. The predicted octanol–water partition coefficient (Wildman–Crippen LogP) is -0.131. The summed E-state index contributed by atoms with van der Waals surface area (Å²) in [4.78, 5) is 68.8. The lowest BCUT2D eigenvalue weighted by Crippen LogP contribution is -2.53. The Morgan fingerprint density at radius 2 is 1.50 bits per heavy atom. The van der Waals surface area contributed by atoms with Crippen molar-refractivity contribution in [1.82, 2.24) is 25.9 Å². The van der Waals surface area contributed by atoms with Gasteiger partial charge < -0.3 is 36.5 Å². The summed E-state index contributed by atoms with van der Waals surface area (Å²) in [7, 11) is 0. The Kier molecular flexibility index (Phi) is 12.2. The molecule has 1 heterocycles. The van der Waals surface area contributed by atoms with Crippen LogP contribution in [0.1, 0.15) is 23.2 Å². The van der Waals surface area contributed by atoms with Gasteiger partial charge in [0.1, 0.15) is 12.6 Å². The van der Waals surface area contributed by atoms with Gasteiger partial charge >= 0.3 is 11.9 Å². The molecule has 222 valence electrons. The smallest absolute Gasteiger partial charge is 0.326 e. The van der Waals surface area contributed by atoms with E-state index in [-0.39, 0.29) is 32.2 Å². The van der Waals surface area contributed by atoms with Gasteiger partial charge in [0, 0.05) is 25.6 Å². The number of amides is 3. The average Bonchev–Trinajstić information content (AvgIpc) is 3.49. The van der Waals surface area contributed by atoms with Crippen LogP contribution < -0.4 is 21.7 Å². The average molecular weight is 579 g/mol. The Hall–Kier alpha value is -5.04. The monoisotopic (exact) mass is 578 g/mol. The van der Waals surface area contributed by atoms with Crippen molar-refractivity contribution in [3.05, 3.63) is 90.0 Å². The molecule has 0 radical (unpaired) electrons. The second-order valence-corrected chi connectivity index (χ2v) is 9.44. The van der Waals surface area contributed by atoms with Gasteiger partial charge in [-0.15, -0.1) is 0 Å². The zero-order valence-electron chi connectivity index (χ0n) is 22.8. The number of ether oxygens (including phenoxy) is 1. The van der Waals surface area contributed by atoms with Crippen molar-refractivity contribution >= 4 is 29.7 Å². The molecule has 0 bridgehead atoms. The summed E-state index contributed by atoms with van der Waals surface area (Å²) >= 11 is 0. The number of benzene rings is 2. The highest BCUT2D eigenvalue weighted by atomic mass is 16.5. The summed E-state index contributed by atoms with van der Waals surface area (Å²) in [6.45, 7) is -0.748. The summed E-state index contributed by atoms with van der Waals surface area (Å²) in [5.74, 6) is -3.90. The second-order valence-electron chi connectivity index (χ2n) is 9.44. The number of nitrogens with zero attached hydrogens (tertiary/aromatic N) is 1. The van der Waals surface area contributed by atoms with E-state index in [4.69, 9.17) is 15.6 Å². The summed E-state index contributed by atoms with van der Waals surface area (Å²) in [5, 5.41) is 16.4. The molecule has 0 aliphatic heterocycles. The van der Waals surface area contributed by atoms with Gasteiger partial charge in [-0.3, -0.25) is 24.0 Å². The van der Waals surface area contributed by atoms with Gasteiger partial charge in [0.25, 0.3) is 5.91 Å². The first-order valence-electron chi connectivity index (χ1n) is 13.3. The first kappa shape index (κ1) is 31.5. The number of carbonyl (C=O) groups is 5. The number of nitrogens with two attached hydrogens (primary N) is 1. The minimum atomic E-state index is -1.32. The van der Waals surface area contributed by atoms with Crippen LogP contribution in [0.2, 0.25) is 0 Å². The van der Waals surface area contributed by atoms with Crippen molar-refractivity contribution < 1.29 is 33.8 Å². The lowest BCUT2D eigenvalue weighted by molar-refractivity contribution is -0.155. The maximum absolute atomic E-state index is 13.1. The number of carboxylic acid groups (broad SMARTS) is 1. The highest BCUT2D eigenvalue weighted by molar-refractivity contribution is 5.92. The number of aromatic nitrogens is 2. The highest BCUT2D eigenvalue weighted by Gasteiger charge is 2.27. The molecule has 0 saturated heterocycles. The van der Waals surface area contributed by atoms with Crippen LogP contribution in [-0.2, 0) is 48.0 Å². The van der Waals surface area contributed by atoms with Crippen molar-refractivity contribution in [2.24, 2.45) is 5.73 Å². The molecule has 0 aliphatic rings. The van der Waals surface area contributed by atoms with E-state index in [2.05, 4.69) is 25.9 Å². The lowest BCUT2D eigenvalue weighted by atomic mass is 10.0. The SMILES string of the molecule is NC(Cc1ccccc1)C(=O)NC(Cc1ccccc1)C(=O)NCC(=O)OC(Cc1c[nH]cn1)C(=O)NCCC(=O)O.